The Kier molecular flexibility index (Phi) is 5.91. The number of hydrogen-bond acceptors (Lipinski definition) is 1. The molecule has 2 atom stereocenters. The summed E-state index contributed by atoms with van der Waals surface area (Å²) in [4.78, 5) is 12.1. The summed E-state index contributed by atoms with van der Waals surface area (Å²) in [6.45, 7) is 3.06. The maximum Gasteiger partial charge on any atom is 0.252 e. The van der Waals surface area contributed by atoms with E-state index in [1.54, 1.807) is 12.1 Å². The molecule has 0 aromatic heterocycles. The molecule has 2 rings (SSSR count). The van der Waals surface area contributed by atoms with Crippen molar-refractivity contribution in [2.24, 2.45) is 11.8 Å². The summed E-state index contributed by atoms with van der Waals surface area (Å²) in [6.07, 6.45) is 6.36. The number of carbonyl (C=O) groups is 1. The Hall–Kier alpha value is -0.540. The quantitative estimate of drug-likeness (QED) is 0.802. The van der Waals surface area contributed by atoms with Gasteiger partial charge in [0.25, 0.3) is 5.91 Å². The van der Waals surface area contributed by atoms with Gasteiger partial charge in [-0.1, -0.05) is 53.7 Å². The fourth-order valence-electron chi connectivity index (χ4n) is 2.98. The van der Waals surface area contributed by atoms with Crippen molar-refractivity contribution in [3.05, 3.63) is 33.3 Å². The van der Waals surface area contributed by atoms with Crippen LogP contribution in [-0.2, 0) is 0 Å². The molecule has 1 aliphatic rings. The summed E-state index contributed by atoms with van der Waals surface area (Å²) in [5.74, 6) is 1.51. The van der Waals surface area contributed by atoms with Crippen molar-refractivity contribution in [1.29, 1.82) is 0 Å². The average Bonchev–Trinajstić information content (AvgIpc) is 2.41. The molecule has 1 saturated carbocycles. The second kappa shape index (κ2) is 7.46. The largest absolute Gasteiger partial charge is 0.352 e. The molecule has 0 aliphatic heterocycles. The Morgan fingerprint density at radius 1 is 1.45 bits per heavy atom. The molecule has 0 spiro atoms. The van der Waals surface area contributed by atoms with Crippen molar-refractivity contribution in [1.82, 2.24) is 5.32 Å². The molecule has 0 saturated heterocycles. The van der Waals surface area contributed by atoms with Gasteiger partial charge in [-0.15, -0.1) is 0 Å². The van der Waals surface area contributed by atoms with E-state index < -0.39 is 0 Å². The fourth-order valence-corrected chi connectivity index (χ4v) is 3.54. The zero-order valence-electron chi connectivity index (χ0n) is 11.8. The monoisotopic (exact) mass is 357 g/mol. The zero-order chi connectivity index (χ0) is 14.5. The van der Waals surface area contributed by atoms with Gasteiger partial charge in [0.05, 0.1) is 10.6 Å². The van der Waals surface area contributed by atoms with E-state index in [2.05, 4.69) is 28.2 Å². The van der Waals surface area contributed by atoms with Gasteiger partial charge in [-0.3, -0.25) is 4.79 Å². The predicted octanol–water partition coefficient (Wildman–Crippen LogP) is 5.05. The molecule has 0 bridgehead atoms. The smallest absolute Gasteiger partial charge is 0.252 e. The summed E-state index contributed by atoms with van der Waals surface area (Å²) < 4.78 is 0.869. The van der Waals surface area contributed by atoms with E-state index in [1.807, 2.05) is 6.07 Å². The minimum Gasteiger partial charge on any atom is -0.352 e. The summed E-state index contributed by atoms with van der Waals surface area (Å²) in [6, 6.07) is 5.34. The third-order valence-electron chi connectivity index (χ3n) is 4.06. The molecule has 4 heteroatoms. The van der Waals surface area contributed by atoms with Crippen LogP contribution in [0.25, 0.3) is 0 Å². The molecule has 2 nitrogen and oxygen atoms in total. The summed E-state index contributed by atoms with van der Waals surface area (Å²) in [7, 11) is 0. The van der Waals surface area contributed by atoms with Gasteiger partial charge >= 0.3 is 0 Å². The van der Waals surface area contributed by atoms with E-state index in [-0.39, 0.29) is 5.91 Å². The maximum atomic E-state index is 12.1. The molecular formula is C16H21BrClNO. The van der Waals surface area contributed by atoms with Gasteiger partial charge in [0.2, 0.25) is 0 Å². The van der Waals surface area contributed by atoms with Crippen LogP contribution in [0, 0.1) is 11.8 Å². The molecule has 1 fully saturated rings. The average molecular weight is 359 g/mol. The van der Waals surface area contributed by atoms with Crippen LogP contribution in [0.1, 0.15) is 49.4 Å². The molecule has 1 amide bonds. The lowest BCUT2D eigenvalue weighted by Gasteiger charge is -2.26. The van der Waals surface area contributed by atoms with Crippen LogP contribution in [0.15, 0.2) is 22.7 Å². The van der Waals surface area contributed by atoms with Gasteiger partial charge in [-0.2, -0.15) is 0 Å². The van der Waals surface area contributed by atoms with Crippen molar-refractivity contribution >= 4 is 33.4 Å². The molecule has 20 heavy (non-hydrogen) atoms. The number of rotatable bonds is 4. The number of hydrogen-bond donors (Lipinski definition) is 1. The van der Waals surface area contributed by atoms with Crippen molar-refractivity contribution in [3.63, 3.8) is 0 Å². The lowest BCUT2D eigenvalue weighted by atomic mass is 9.81. The maximum absolute atomic E-state index is 12.1. The molecule has 0 heterocycles. The summed E-state index contributed by atoms with van der Waals surface area (Å²) in [5, 5.41) is 3.48. The Morgan fingerprint density at radius 3 is 3.00 bits per heavy atom. The van der Waals surface area contributed by atoms with Crippen LogP contribution in [0.2, 0.25) is 5.02 Å². The van der Waals surface area contributed by atoms with Gasteiger partial charge in [0.15, 0.2) is 0 Å². The SMILES string of the molecule is CC1CCCC(CCNC(=O)c2cc(Br)ccc2Cl)C1. The highest BCUT2D eigenvalue weighted by atomic mass is 79.9. The van der Waals surface area contributed by atoms with Gasteiger partial charge < -0.3 is 5.32 Å². The zero-order valence-corrected chi connectivity index (χ0v) is 14.1. The van der Waals surface area contributed by atoms with Crippen molar-refractivity contribution in [2.45, 2.75) is 39.0 Å². The van der Waals surface area contributed by atoms with Crippen LogP contribution >= 0.6 is 27.5 Å². The first-order valence-corrected chi connectivity index (χ1v) is 8.46. The van der Waals surface area contributed by atoms with E-state index in [9.17, 15) is 4.79 Å². The molecule has 1 aliphatic carbocycles. The molecule has 1 N–H and O–H groups in total. The first-order chi connectivity index (χ1) is 9.56. The van der Waals surface area contributed by atoms with Crippen LogP contribution in [0.4, 0.5) is 0 Å². The molecular weight excluding hydrogens is 338 g/mol. The Balaban J connectivity index is 1.81. The second-order valence-corrected chi connectivity index (χ2v) is 7.13. The number of carbonyl (C=O) groups excluding carboxylic acids is 1. The fraction of sp³-hybridized carbons (Fsp3) is 0.562. The highest BCUT2D eigenvalue weighted by molar-refractivity contribution is 9.10. The number of amides is 1. The van der Waals surface area contributed by atoms with Crippen LogP contribution in [-0.4, -0.2) is 12.5 Å². The minimum atomic E-state index is -0.0832. The lowest BCUT2D eigenvalue weighted by molar-refractivity contribution is 0.0949. The molecule has 1 aromatic carbocycles. The minimum absolute atomic E-state index is 0.0832. The van der Waals surface area contributed by atoms with Crippen molar-refractivity contribution in [3.8, 4) is 0 Å². The van der Waals surface area contributed by atoms with Crippen molar-refractivity contribution < 1.29 is 4.79 Å². The third-order valence-corrected chi connectivity index (χ3v) is 4.88. The lowest BCUT2D eigenvalue weighted by Crippen LogP contribution is -2.27. The molecule has 2 unspecified atom stereocenters. The molecule has 1 aromatic rings. The van der Waals surface area contributed by atoms with E-state index in [0.29, 0.717) is 10.6 Å². The highest BCUT2D eigenvalue weighted by Gasteiger charge is 2.19. The number of benzene rings is 1. The van der Waals surface area contributed by atoms with Gasteiger partial charge in [-0.25, -0.2) is 0 Å². The summed E-state index contributed by atoms with van der Waals surface area (Å²) in [5.41, 5.74) is 0.540. The number of nitrogens with one attached hydrogen (secondary N) is 1. The van der Waals surface area contributed by atoms with Gasteiger partial charge in [0.1, 0.15) is 0 Å². The normalized spacial score (nSPS) is 22.6. The standard InChI is InChI=1S/C16H21BrClNO/c1-11-3-2-4-12(9-11)7-8-19-16(20)14-10-13(17)5-6-15(14)18/h5-6,10-12H,2-4,7-9H2,1H3,(H,19,20). The Morgan fingerprint density at radius 2 is 2.25 bits per heavy atom. The predicted molar refractivity (Wildman–Crippen MR) is 87.2 cm³/mol. The van der Waals surface area contributed by atoms with E-state index in [4.69, 9.17) is 11.6 Å². The van der Waals surface area contributed by atoms with Crippen LogP contribution in [0.3, 0.4) is 0 Å². The summed E-state index contributed by atoms with van der Waals surface area (Å²) >= 11 is 9.42. The Bertz CT molecular complexity index is 478. The molecule has 0 radical (unpaired) electrons. The van der Waals surface area contributed by atoms with E-state index in [0.717, 1.165) is 29.3 Å². The van der Waals surface area contributed by atoms with Gasteiger partial charge in [0, 0.05) is 11.0 Å². The van der Waals surface area contributed by atoms with Crippen LogP contribution < -0.4 is 5.32 Å². The van der Waals surface area contributed by atoms with Gasteiger partial charge in [-0.05, 0) is 42.9 Å². The highest BCUT2D eigenvalue weighted by Crippen LogP contribution is 2.30. The van der Waals surface area contributed by atoms with Crippen molar-refractivity contribution in [2.75, 3.05) is 6.54 Å². The number of halogens is 2. The Labute approximate surface area is 134 Å². The topological polar surface area (TPSA) is 29.1 Å². The van der Waals surface area contributed by atoms with E-state index in [1.165, 1.54) is 25.7 Å². The van der Waals surface area contributed by atoms with Crippen LogP contribution in [0.5, 0.6) is 0 Å². The first-order valence-electron chi connectivity index (χ1n) is 7.29. The third kappa shape index (κ3) is 4.49. The van der Waals surface area contributed by atoms with E-state index >= 15 is 0 Å². The first kappa shape index (κ1) is 15.8. The second-order valence-electron chi connectivity index (χ2n) is 5.81. The molecule has 110 valence electrons.